The second-order valence-corrected chi connectivity index (χ2v) is 9.72. The van der Waals surface area contributed by atoms with Crippen molar-refractivity contribution in [1.29, 1.82) is 0 Å². The molecule has 27 heavy (non-hydrogen) atoms. The van der Waals surface area contributed by atoms with E-state index in [0.717, 1.165) is 0 Å². The maximum Gasteiger partial charge on any atom is 0.240 e. The highest BCUT2D eigenvalue weighted by Crippen LogP contribution is 2.20. The third-order valence-corrected chi connectivity index (χ3v) is 6.91. The maximum atomic E-state index is 13.5. The van der Waals surface area contributed by atoms with Crippen LogP contribution in [0.2, 0.25) is 0 Å². The first-order valence-corrected chi connectivity index (χ1v) is 11.0. The zero-order valence-corrected chi connectivity index (χ0v) is 16.8. The second kappa shape index (κ2) is 8.44. The van der Waals surface area contributed by atoms with Crippen molar-refractivity contribution in [1.82, 2.24) is 14.3 Å². The van der Waals surface area contributed by atoms with Crippen LogP contribution >= 0.6 is 0 Å². The van der Waals surface area contributed by atoms with Crippen LogP contribution in [-0.2, 0) is 20.0 Å². The number of hydrogen-bond donors (Lipinski definition) is 2. The van der Waals surface area contributed by atoms with Gasteiger partial charge in [0.25, 0.3) is 0 Å². The van der Waals surface area contributed by atoms with Crippen LogP contribution < -0.4 is 9.44 Å². The van der Waals surface area contributed by atoms with Crippen molar-refractivity contribution < 1.29 is 21.2 Å². The first kappa shape index (κ1) is 21.5. The highest BCUT2D eigenvalue weighted by molar-refractivity contribution is 7.90. The van der Waals surface area contributed by atoms with Gasteiger partial charge in [0.15, 0.2) is 0 Å². The zero-order valence-electron chi connectivity index (χ0n) is 15.2. The number of nitrogens with one attached hydrogen (secondary N) is 2. The lowest BCUT2D eigenvalue weighted by molar-refractivity contribution is 0.299. The molecule has 0 fully saturated rings. The van der Waals surface area contributed by atoms with Gasteiger partial charge in [0, 0.05) is 12.6 Å². The Morgan fingerprint density at radius 1 is 0.963 bits per heavy atom. The summed E-state index contributed by atoms with van der Waals surface area (Å²) < 4.78 is 66.6. The molecule has 0 aliphatic rings. The minimum Gasteiger partial charge on any atom is -0.301 e. The van der Waals surface area contributed by atoms with Gasteiger partial charge in [0.05, 0.1) is 9.79 Å². The molecule has 0 bridgehead atoms. The SMILES string of the molecule is CNS(=O)(=O)c1ccc(S(=O)(=O)NC[C@H](c2cccc(F)c2)N(C)C)cc1. The first-order valence-electron chi connectivity index (χ1n) is 8.02. The summed E-state index contributed by atoms with van der Waals surface area (Å²) in [5.41, 5.74) is 0.637. The standard InChI is InChI=1S/C17H22FN3O4S2/c1-19-26(22,23)15-7-9-16(10-8-15)27(24,25)20-12-17(21(2)3)13-5-4-6-14(18)11-13/h4-11,17,19-20H,12H2,1-3H3/t17-/m1/s1. The van der Waals surface area contributed by atoms with Gasteiger partial charge < -0.3 is 4.90 Å². The molecule has 2 rings (SSSR count). The third kappa shape index (κ3) is 5.33. The van der Waals surface area contributed by atoms with Gasteiger partial charge in [-0.15, -0.1) is 0 Å². The Kier molecular flexibility index (Phi) is 6.71. The van der Waals surface area contributed by atoms with Crippen LogP contribution in [0, 0.1) is 5.82 Å². The molecule has 0 unspecified atom stereocenters. The molecule has 0 spiro atoms. The van der Waals surface area contributed by atoms with Gasteiger partial charge in [-0.3, -0.25) is 0 Å². The summed E-state index contributed by atoms with van der Waals surface area (Å²) in [4.78, 5) is 1.68. The number of benzene rings is 2. The fourth-order valence-electron chi connectivity index (χ4n) is 2.50. The topological polar surface area (TPSA) is 95.6 Å². The molecule has 0 aromatic heterocycles. The molecule has 1 atom stereocenters. The Balaban J connectivity index is 2.20. The molecule has 0 amide bonds. The number of likely N-dealkylation sites (N-methyl/N-ethyl adjacent to an activating group) is 1. The van der Waals surface area contributed by atoms with E-state index in [1.807, 2.05) is 0 Å². The largest absolute Gasteiger partial charge is 0.301 e. The number of hydrogen-bond acceptors (Lipinski definition) is 5. The summed E-state index contributed by atoms with van der Waals surface area (Å²) in [7, 11) is -2.70. The Morgan fingerprint density at radius 3 is 2.00 bits per heavy atom. The lowest BCUT2D eigenvalue weighted by Gasteiger charge is -2.25. The highest BCUT2D eigenvalue weighted by atomic mass is 32.2. The Hall–Kier alpha value is -1.85. The molecule has 0 saturated heterocycles. The lowest BCUT2D eigenvalue weighted by atomic mass is 10.1. The van der Waals surface area contributed by atoms with Crippen LogP contribution in [0.3, 0.4) is 0 Å². The van der Waals surface area contributed by atoms with Gasteiger partial charge >= 0.3 is 0 Å². The number of sulfonamides is 2. The summed E-state index contributed by atoms with van der Waals surface area (Å²) in [5.74, 6) is -0.400. The maximum absolute atomic E-state index is 13.5. The van der Waals surface area contributed by atoms with Crippen LogP contribution in [0.15, 0.2) is 58.3 Å². The smallest absolute Gasteiger partial charge is 0.240 e. The third-order valence-electron chi connectivity index (χ3n) is 4.04. The van der Waals surface area contributed by atoms with Crippen molar-refractivity contribution in [2.24, 2.45) is 0 Å². The number of halogens is 1. The van der Waals surface area contributed by atoms with Crippen LogP contribution in [0.5, 0.6) is 0 Å². The van der Waals surface area contributed by atoms with E-state index < -0.39 is 25.9 Å². The molecule has 2 N–H and O–H groups in total. The molecule has 0 aliphatic heterocycles. The quantitative estimate of drug-likeness (QED) is 0.678. The fourth-order valence-corrected chi connectivity index (χ4v) is 4.27. The van der Waals surface area contributed by atoms with E-state index in [4.69, 9.17) is 0 Å². The van der Waals surface area contributed by atoms with Crippen LogP contribution in [0.4, 0.5) is 4.39 Å². The Morgan fingerprint density at radius 2 is 1.52 bits per heavy atom. The summed E-state index contributed by atoms with van der Waals surface area (Å²) in [5, 5.41) is 0. The van der Waals surface area contributed by atoms with Gasteiger partial charge in [-0.25, -0.2) is 30.7 Å². The van der Waals surface area contributed by atoms with Crippen molar-refractivity contribution in [2.45, 2.75) is 15.8 Å². The van der Waals surface area contributed by atoms with E-state index in [-0.39, 0.29) is 22.4 Å². The molecule has 10 heteroatoms. The van der Waals surface area contributed by atoms with Gasteiger partial charge in [-0.1, -0.05) is 12.1 Å². The predicted molar refractivity (Wildman–Crippen MR) is 101 cm³/mol. The average Bonchev–Trinajstić information content (AvgIpc) is 2.61. The van der Waals surface area contributed by atoms with Crippen molar-refractivity contribution in [3.63, 3.8) is 0 Å². The molecule has 0 aliphatic carbocycles. The summed E-state index contributed by atoms with van der Waals surface area (Å²) in [6.07, 6.45) is 0. The van der Waals surface area contributed by atoms with Gasteiger partial charge in [0.1, 0.15) is 5.82 Å². The average molecular weight is 416 g/mol. The van der Waals surface area contributed by atoms with E-state index in [2.05, 4.69) is 9.44 Å². The minimum absolute atomic E-state index is 0.0232. The predicted octanol–water partition coefficient (Wildman–Crippen LogP) is 1.31. The highest BCUT2D eigenvalue weighted by Gasteiger charge is 2.21. The second-order valence-electron chi connectivity index (χ2n) is 6.07. The van der Waals surface area contributed by atoms with E-state index in [9.17, 15) is 21.2 Å². The summed E-state index contributed by atoms with van der Waals surface area (Å²) in [6.45, 7) is 0.0232. The van der Waals surface area contributed by atoms with E-state index in [0.29, 0.717) is 5.56 Å². The Bertz CT molecular complexity index is 991. The first-order chi connectivity index (χ1) is 12.6. The van der Waals surface area contributed by atoms with Crippen LogP contribution in [0.1, 0.15) is 11.6 Å². The molecular weight excluding hydrogens is 393 g/mol. The molecule has 7 nitrogen and oxygen atoms in total. The number of rotatable bonds is 8. The minimum atomic E-state index is -3.86. The zero-order chi connectivity index (χ0) is 20.2. The van der Waals surface area contributed by atoms with E-state index in [1.165, 1.54) is 43.4 Å². The van der Waals surface area contributed by atoms with Crippen molar-refractivity contribution in [3.8, 4) is 0 Å². The summed E-state index contributed by atoms with van der Waals surface area (Å²) >= 11 is 0. The van der Waals surface area contributed by atoms with Crippen molar-refractivity contribution >= 4 is 20.0 Å². The number of nitrogens with zero attached hydrogens (tertiary/aromatic N) is 1. The van der Waals surface area contributed by atoms with E-state index in [1.54, 1.807) is 31.1 Å². The molecule has 0 saturated carbocycles. The molecular formula is C17H22FN3O4S2. The van der Waals surface area contributed by atoms with Crippen molar-refractivity contribution in [2.75, 3.05) is 27.7 Å². The monoisotopic (exact) mass is 415 g/mol. The molecule has 0 radical (unpaired) electrons. The lowest BCUT2D eigenvalue weighted by Crippen LogP contribution is -2.34. The van der Waals surface area contributed by atoms with Crippen LogP contribution in [-0.4, -0.2) is 49.4 Å². The van der Waals surface area contributed by atoms with Crippen molar-refractivity contribution in [3.05, 3.63) is 59.9 Å². The van der Waals surface area contributed by atoms with Gasteiger partial charge in [-0.2, -0.15) is 0 Å². The normalized spacial score (nSPS) is 13.7. The summed E-state index contributed by atoms with van der Waals surface area (Å²) in [6, 6.07) is 10.5. The molecule has 148 valence electrons. The Labute approximate surface area is 159 Å². The molecule has 2 aromatic carbocycles. The van der Waals surface area contributed by atoms with Crippen LogP contribution in [0.25, 0.3) is 0 Å². The molecule has 0 heterocycles. The van der Waals surface area contributed by atoms with Gasteiger partial charge in [0.2, 0.25) is 20.0 Å². The molecule has 2 aromatic rings. The van der Waals surface area contributed by atoms with E-state index >= 15 is 0 Å². The van der Waals surface area contributed by atoms with Gasteiger partial charge in [-0.05, 0) is 63.1 Å². The fraction of sp³-hybridized carbons (Fsp3) is 0.294.